The van der Waals surface area contributed by atoms with Gasteiger partial charge in [0.05, 0.1) is 6.26 Å². The zero-order valence-corrected chi connectivity index (χ0v) is 8.86. The molecule has 0 aliphatic rings. The third-order valence-corrected chi connectivity index (χ3v) is 2.29. The third kappa shape index (κ3) is 2.82. The van der Waals surface area contributed by atoms with Crippen LogP contribution in [0, 0.1) is 11.6 Å². The highest BCUT2D eigenvalue weighted by Crippen LogP contribution is 2.16. The highest BCUT2D eigenvalue weighted by molar-refractivity contribution is 5.43. The average Bonchev–Trinajstić information content (AvgIpc) is 2.84. The largest absolute Gasteiger partial charge is 0.467 e. The molecule has 3 nitrogen and oxygen atoms in total. The lowest BCUT2D eigenvalue weighted by Gasteiger charge is -2.10. The lowest BCUT2D eigenvalue weighted by molar-refractivity contribution is 0.162. The zero-order chi connectivity index (χ0) is 12.3. The van der Waals surface area contributed by atoms with E-state index in [0.717, 1.165) is 12.1 Å². The minimum atomic E-state index is -0.928. The molecule has 90 valence electrons. The van der Waals surface area contributed by atoms with Crippen molar-refractivity contribution in [2.45, 2.75) is 6.10 Å². The van der Waals surface area contributed by atoms with Crippen LogP contribution in [0.25, 0.3) is 0 Å². The summed E-state index contributed by atoms with van der Waals surface area (Å²) in [6, 6.07) is 6.75. The van der Waals surface area contributed by atoms with Gasteiger partial charge in [0.25, 0.3) is 0 Å². The Hall–Kier alpha value is -1.88. The molecule has 2 rings (SSSR count). The number of hydrogen-bond donors (Lipinski definition) is 2. The third-order valence-electron chi connectivity index (χ3n) is 2.29. The van der Waals surface area contributed by atoms with Crippen molar-refractivity contribution in [3.63, 3.8) is 0 Å². The Morgan fingerprint density at radius 2 is 2.06 bits per heavy atom. The maximum absolute atomic E-state index is 12.9. The molecule has 17 heavy (non-hydrogen) atoms. The molecule has 1 aromatic carbocycles. The first-order chi connectivity index (χ1) is 8.16. The molecule has 0 saturated heterocycles. The average molecular weight is 239 g/mol. The van der Waals surface area contributed by atoms with E-state index in [2.05, 4.69) is 5.32 Å². The Labute approximate surface area is 96.7 Å². The summed E-state index contributed by atoms with van der Waals surface area (Å²) in [5.41, 5.74) is 0.398. The summed E-state index contributed by atoms with van der Waals surface area (Å²) in [7, 11) is 0. The van der Waals surface area contributed by atoms with Crippen molar-refractivity contribution >= 4 is 5.69 Å². The van der Waals surface area contributed by atoms with E-state index in [-0.39, 0.29) is 6.54 Å². The first-order valence-electron chi connectivity index (χ1n) is 5.07. The molecule has 1 aromatic heterocycles. The van der Waals surface area contributed by atoms with Crippen LogP contribution in [-0.4, -0.2) is 11.7 Å². The standard InChI is InChI=1S/C12H11F2NO2/c13-9-4-3-8(6-10(9)14)15-7-11(16)12-2-1-5-17-12/h1-6,11,15-16H,7H2. The van der Waals surface area contributed by atoms with Crippen LogP contribution in [-0.2, 0) is 0 Å². The minimum absolute atomic E-state index is 0.151. The van der Waals surface area contributed by atoms with E-state index in [1.54, 1.807) is 12.1 Å². The van der Waals surface area contributed by atoms with Crippen molar-refractivity contribution in [2.24, 2.45) is 0 Å². The second kappa shape index (κ2) is 4.97. The lowest BCUT2D eigenvalue weighted by atomic mass is 10.2. The molecule has 0 saturated carbocycles. The van der Waals surface area contributed by atoms with Crippen LogP contribution in [0.3, 0.4) is 0 Å². The van der Waals surface area contributed by atoms with E-state index >= 15 is 0 Å². The molecule has 0 aliphatic heterocycles. The van der Waals surface area contributed by atoms with E-state index in [1.165, 1.54) is 12.3 Å². The SMILES string of the molecule is OC(CNc1ccc(F)c(F)c1)c1ccco1. The van der Waals surface area contributed by atoms with Gasteiger partial charge in [0.2, 0.25) is 0 Å². The van der Waals surface area contributed by atoms with Crippen LogP contribution in [0.5, 0.6) is 0 Å². The second-order valence-corrected chi connectivity index (χ2v) is 3.54. The molecule has 0 fully saturated rings. The van der Waals surface area contributed by atoms with Gasteiger partial charge in [-0.25, -0.2) is 8.78 Å². The summed E-state index contributed by atoms with van der Waals surface area (Å²) in [6.45, 7) is 0.151. The highest BCUT2D eigenvalue weighted by atomic mass is 19.2. The molecule has 0 bridgehead atoms. The molecular weight excluding hydrogens is 228 g/mol. The van der Waals surface area contributed by atoms with Crippen molar-refractivity contribution < 1.29 is 18.3 Å². The molecule has 0 spiro atoms. The fourth-order valence-electron chi connectivity index (χ4n) is 1.40. The van der Waals surface area contributed by atoms with Crippen LogP contribution < -0.4 is 5.32 Å². The predicted octanol–water partition coefficient (Wildman–Crippen LogP) is 2.70. The van der Waals surface area contributed by atoms with Gasteiger partial charge >= 0.3 is 0 Å². The maximum Gasteiger partial charge on any atom is 0.160 e. The number of aliphatic hydroxyl groups excluding tert-OH is 1. The van der Waals surface area contributed by atoms with Gasteiger partial charge in [0, 0.05) is 18.3 Å². The number of rotatable bonds is 4. The molecule has 1 heterocycles. The molecule has 5 heteroatoms. The van der Waals surface area contributed by atoms with Gasteiger partial charge in [-0.1, -0.05) is 0 Å². The number of halogens is 2. The van der Waals surface area contributed by atoms with Gasteiger partial charge in [0.15, 0.2) is 11.6 Å². The summed E-state index contributed by atoms with van der Waals surface area (Å²) in [6.07, 6.45) is 0.619. The van der Waals surface area contributed by atoms with E-state index < -0.39 is 17.7 Å². The van der Waals surface area contributed by atoms with Crippen LogP contribution >= 0.6 is 0 Å². The fourth-order valence-corrected chi connectivity index (χ4v) is 1.40. The van der Waals surface area contributed by atoms with Crippen molar-refractivity contribution in [1.29, 1.82) is 0 Å². The zero-order valence-electron chi connectivity index (χ0n) is 8.86. The minimum Gasteiger partial charge on any atom is -0.467 e. The van der Waals surface area contributed by atoms with Gasteiger partial charge < -0.3 is 14.8 Å². The number of benzene rings is 1. The molecule has 2 N–H and O–H groups in total. The van der Waals surface area contributed by atoms with Gasteiger partial charge in [-0.15, -0.1) is 0 Å². The van der Waals surface area contributed by atoms with Crippen molar-refractivity contribution in [2.75, 3.05) is 11.9 Å². The Balaban J connectivity index is 1.96. The number of anilines is 1. The first-order valence-corrected chi connectivity index (χ1v) is 5.07. The van der Waals surface area contributed by atoms with Gasteiger partial charge in [0.1, 0.15) is 11.9 Å². The van der Waals surface area contributed by atoms with E-state index in [9.17, 15) is 13.9 Å². The normalized spacial score (nSPS) is 12.4. The molecule has 2 aromatic rings. The molecule has 1 unspecified atom stereocenters. The summed E-state index contributed by atoms with van der Waals surface area (Å²) >= 11 is 0. The second-order valence-electron chi connectivity index (χ2n) is 3.54. The predicted molar refractivity (Wildman–Crippen MR) is 58.5 cm³/mol. The first kappa shape index (κ1) is 11.6. The van der Waals surface area contributed by atoms with E-state index in [4.69, 9.17) is 4.42 Å². The number of aliphatic hydroxyl groups is 1. The monoisotopic (exact) mass is 239 g/mol. The lowest BCUT2D eigenvalue weighted by Crippen LogP contribution is -2.11. The Kier molecular flexibility index (Phi) is 3.39. The van der Waals surface area contributed by atoms with E-state index in [0.29, 0.717) is 11.4 Å². The molecular formula is C12H11F2NO2. The quantitative estimate of drug-likeness (QED) is 0.862. The number of nitrogens with one attached hydrogen (secondary N) is 1. The number of furan rings is 1. The van der Waals surface area contributed by atoms with E-state index in [1.807, 2.05) is 0 Å². The topological polar surface area (TPSA) is 45.4 Å². The maximum atomic E-state index is 12.9. The Morgan fingerprint density at radius 3 is 2.71 bits per heavy atom. The van der Waals surface area contributed by atoms with Crippen molar-refractivity contribution in [1.82, 2.24) is 0 Å². The van der Waals surface area contributed by atoms with Gasteiger partial charge in [-0.3, -0.25) is 0 Å². The van der Waals surface area contributed by atoms with Crippen LogP contribution in [0.4, 0.5) is 14.5 Å². The molecule has 1 atom stereocenters. The Bertz CT molecular complexity index is 485. The molecule has 0 amide bonds. The highest BCUT2D eigenvalue weighted by Gasteiger charge is 2.10. The summed E-state index contributed by atoms with van der Waals surface area (Å²) < 4.78 is 30.5. The van der Waals surface area contributed by atoms with Crippen molar-refractivity contribution in [3.05, 3.63) is 54.0 Å². The molecule has 0 aliphatic carbocycles. The Morgan fingerprint density at radius 1 is 1.24 bits per heavy atom. The van der Waals surface area contributed by atoms with Crippen LogP contribution in [0.2, 0.25) is 0 Å². The molecule has 0 radical (unpaired) electrons. The smallest absolute Gasteiger partial charge is 0.160 e. The summed E-state index contributed by atoms with van der Waals surface area (Å²) in [4.78, 5) is 0. The van der Waals surface area contributed by atoms with Gasteiger partial charge in [-0.05, 0) is 24.3 Å². The fraction of sp³-hybridized carbons (Fsp3) is 0.167. The summed E-state index contributed by atoms with van der Waals surface area (Å²) in [5, 5.41) is 12.5. The van der Waals surface area contributed by atoms with Crippen molar-refractivity contribution in [3.8, 4) is 0 Å². The van der Waals surface area contributed by atoms with Gasteiger partial charge in [-0.2, -0.15) is 0 Å². The van der Waals surface area contributed by atoms with Crippen LogP contribution in [0.15, 0.2) is 41.0 Å². The summed E-state index contributed by atoms with van der Waals surface area (Å²) in [5.74, 6) is -1.41. The van der Waals surface area contributed by atoms with Crippen LogP contribution in [0.1, 0.15) is 11.9 Å². The number of hydrogen-bond acceptors (Lipinski definition) is 3.